The Labute approximate surface area is 133 Å². The predicted octanol–water partition coefficient (Wildman–Crippen LogP) is 3.34. The third-order valence-electron chi connectivity index (χ3n) is 2.92. The number of amides is 1. The Hall–Kier alpha value is -2.35. The average molecular weight is 343 g/mol. The quantitative estimate of drug-likeness (QED) is 0.867. The Morgan fingerprint density at radius 1 is 1.22 bits per heavy atom. The van der Waals surface area contributed by atoms with Crippen molar-refractivity contribution in [2.24, 2.45) is 0 Å². The summed E-state index contributed by atoms with van der Waals surface area (Å²) in [6.07, 6.45) is -4.57. The largest absolute Gasteiger partial charge is 0.468 e. The van der Waals surface area contributed by atoms with Crippen LogP contribution in [0.15, 0.2) is 36.4 Å². The first kappa shape index (κ1) is 17.0. The Morgan fingerprint density at radius 2 is 1.87 bits per heavy atom. The molecule has 2 rings (SSSR count). The molecule has 0 aliphatic rings. The second-order valence-electron chi connectivity index (χ2n) is 4.48. The van der Waals surface area contributed by atoms with Gasteiger partial charge in [-0.25, -0.2) is 0 Å². The van der Waals surface area contributed by atoms with Gasteiger partial charge in [-0.1, -0.05) is 30.3 Å². The maximum Gasteiger partial charge on any atom is 0.426 e. The molecule has 0 aliphatic heterocycles. The van der Waals surface area contributed by atoms with Crippen molar-refractivity contribution in [3.8, 4) is 11.1 Å². The molecule has 0 spiro atoms. The maximum atomic E-state index is 13.2. The lowest BCUT2D eigenvalue weighted by Crippen LogP contribution is -2.29. The minimum absolute atomic E-state index is 0.0636. The van der Waals surface area contributed by atoms with Gasteiger partial charge in [-0.05, 0) is 11.6 Å². The fourth-order valence-electron chi connectivity index (χ4n) is 1.86. The van der Waals surface area contributed by atoms with Gasteiger partial charge in [0, 0.05) is 5.56 Å². The normalized spacial score (nSPS) is 11.1. The predicted molar refractivity (Wildman–Crippen MR) is 79.1 cm³/mol. The third-order valence-corrected chi connectivity index (χ3v) is 4.10. The number of halogens is 3. The van der Waals surface area contributed by atoms with Crippen LogP contribution >= 0.6 is 11.3 Å². The summed E-state index contributed by atoms with van der Waals surface area (Å²) in [6, 6.07) is 9.16. The van der Waals surface area contributed by atoms with Gasteiger partial charge in [0.15, 0.2) is 0 Å². The fourth-order valence-corrected chi connectivity index (χ4v) is 2.82. The Bertz CT molecular complexity index is 711. The average Bonchev–Trinajstić information content (AvgIpc) is 2.98. The van der Waals surface area contributed by atoms with Crippen molar-refractivity contribution >= 4 is 23.2 Å². The lowest BCUT2D eigenvalue weighted by atomic mass is 10.1. The van der Waals surface area contributed by atoms with Crippen LogP contribution in [0.3, 0.4) is 0 Å². The number of esters is 1. The number of carbonyl (C=O) groups excluding carboxylic acids is 2. The van der Waals surface area contributed by atoms with Crippen LogP contribution in [0.25, 0.3) is 11.1 Å². The lowest BCUT2D eigenvalue weighted by molar-refractivity contribution is -0.139. The first-order valence-electron chi connectivity index (χ1n) is 6.44. The molecule has 0 saturated heterocycles. The smallest absolute Gasteiger partial charge is 0.426 e. The molecule has 0 unspecified atom stereocenters. The van der Waals surface area contributed by atoms with E-state index in [0.29, 0.717) is 16.9 Å². The van der Waals surface area contributed by atoms with E-state index in [1.807, 2.05) is 0 Å². The zero-order valence-electron chi connectivity index (χ0n) is 11.9. The summed E-state index contributed by atoms with van der Waals surface area (Å²) in [4.78, 5) is 21.9. The zero-order chi connectivity index (χ0) is 17.0. The second kappa shape index (κ2) is 6.82. The summed E-state index contributed by atoms with van der Waals surface area (Å²) in [7, 11) is 1.15. The first-order valence-corrected chi connectivity index (χ1v) is 7.26. The topological polar surface area (TPSA) is 55.4 Å². The number of carbonyl (C=O) groups is 2. The van der Waals surface area contributed by atoms with Crippen LogP contribution in [-0.2, 0) is 15.7 Å². The van der Waals surface area contributed by atoms with Crippen LogP contribution < -0.4 is 5.32 Å². The van der Waals surface area contributed by atoms with Gasteiger partial charge < -0.3 is 10.1 Å². The Morgan fingerprint density at radius 3 is 2.43 bits per heavy atom. The molecular weight excluding hydrogens is 331 g/mol. The molecule has 1 heterocycles. The van der Waals surface area contributed by atoms with Crippen LogP contribution in [0.4, 0.5) is 13.2 Å². The molecule has 8 heteroatoms. The number of ether oxygens (including phenoxy) is 1. The number of benzene rings is 1. The summed E-state index contributed by atoms with van der Waals surface area (Å²) in [5.74, 6) is -1.44. The molecule has 2 aromatic rings. The van der Waals surface area contributed by atoms with Crippen LogP contribution in [0, 0.1) is 0 Å². The first-order chi connectivity index (χ1) is 10.8. The van der Waals surface area contributed by atoms with E-state index >= 15 is 0 Å². The number of rotatable bonds is 4. The highest BCUT2D eigenvalue weighted by Gasteiger charge is 2.37. The van der Waals surface area contributed by atoms with E-state index in [2.05, 4.69) is 10.1 Å². The molecule has 0 aliphatic carbocycles. The number of thiophene rings is 1. The third kappa shape index (κ3) is 4.10. The molecule has 4 nitrogen and oxygen atoms in total. The van der Waals surface area contributed by atoms with Crippen molar-refractivity contribution in [1.29, 1.82) is 0 Å². The molecular formula is C15H12F3NO3S. The van der Waals surface area contributed by atoms with E-state index in [0.717, 1.165) is 7.11 Å². The lowest BCUT2D eigenvalue weighted by Gasteiger charge is -2.07. The highest BCUT2D eigenvalue weighted by atomic mass is 32.1. The van der Waals surface area contributed by atoms with E-state index < -0.39 is 29.5 Å². The van der Waals surface area contributed by atoms with Gasteiger partial charge in [0.05, 0.1) is 12.0 Å². The Kier molecular flexibility index (Phi) is 5.05. The van der Waals surface area contributed by atoms with E-state index in [9.17, 15) is 22.8 Å². The standard InChI is InChI=1S/C15H12F3NO3S/c1-22-12(20)8-19-14(21)11-7-10(9-5-3-2-4-6-9)13(23-11)15(16,17)18/h2-7H,8H2,1H3,(H,19,21). The van der Waals surface area contributed by atoms with Gasteiger partial charge in [-0.2, -0.15) is 13.2 Å². The summed E-state index contributed by atoms with van der Waals surface area (Å²) in [5, 5.41) is 2.22. The van der Waals surface area contributed by atoms with E-state index in [1.54, 1.807) is 18.2 Å². The fraction of sp³-hybridized carbons (Fsp3) is 0.200. The SMILES string of the molecule is COC(=O)CNC(=O)c1cc(-c2ccccc2)c(C(F)(F)F)s1. The van der Waals surface area contributed by atoms with Crippen molar-refractivity contribution in [1.82, 2.24) is 5.32 Å². The minimum atomic E-state index is -4.57. The van der Waals surface area contributed by atoms with Gasteiger partial charge in [-0.15, -0.1) is 11.3 Å². The summed E-state index contributed by atoms with van der Waals surface area (Å²) in [5.41, 5.74) is 0.300. The molecule has 1 aromatic heterocycles. The summed E-state index contributed by atoms with van der Waals surface area (Å²) >= 11 is 0.339. The molecule has 0 fully saturated rings. The van der Waals surface area contributed by atoms with Crippen molar-refractivity contribution in [2.75, 3.05) is 13.7 Å². The van der Waals surface area contributed by atoms with Gasteiger partial charge in [-0.3, -0.25) is 9.59 Å². The van der Waals surface area contributed by atoms with Gasteiger partial charge in [0.1, 0.15) is 11.4 Å². The number of hydrogen-bond donors (Lipinski definition) is 1. The van der Waals surface area contributed by atoms with Crippen molar-refractivity contribution in [3.05, 3.63) is 46.2 Å². The van der Waals surface area contributed by atoms with Crippen LogP contribution in [-0.4, -0.2) is 25.5 Å². The molecule has 1 N–H and O–H groups in total. The number of nitrogens with one attached hydrogen (secondary N) is 1. The number of alkyl halides is 3. The molecule has 1 aromatic carbocycles. The van der Waals surface area contributed by atoms with E-state index in [4.69, 9.17) is 0 Å². The van der Waals surface area contributed by atoms with Crippen LogP contribution in [0.2, 0.25) is 0 Å². The maximum absolute atomic E-state index is 13.2. The van der Waals surface area contributed by atoms with Gasteiger partial charge in [0.25, 0.3) is 5.91 Å². The Balaban J connectivity index is 2.35. The summed E-state index contributed by atoms with van der Waals surface area (Å²) in [6.45, 7) is -0.407. The minimum Gasteiger partial charge on any atom is -0.468 e. The second-order valence-corrected chi connectivity index (χ2v) is 5.53. The van der Waals surface area contributed by atoms with Gasteiger partial charge >= 0.3 is 12.1 Å². The highest BCUT2D eigenvalue weighted by molar-refractivity contribution is 7.14. The monoisotopic (exact) mass is 343 g/mol. The molecule has 0 saturated carbocycles. The number of hydrogen-bond acceptors (Lipinski definition) is 4. The van der Waals surface area contributed by atoms with Crippen LogP contribution in [0.5, 0.6) is 0 Å². The molecule has 23 heavy (non-hydrogen) atoms. The molecule has 0 radical (unpaired) electrons. The molecule has 1 amide bonds. The molecule has 0 bridgehead atoms. The van der Waals surface area contributed by atoms with Crippen molar-refractivity contribution in [3.63, 3.8) is 0 Å². The zero-order valence-corrected chi connectivity index (χ0v) is 12.8. The van der Waals surface area contributed by atoms with Crippen LogP contribution in [0.1, 0.15) is 14.5 Å². The highest BCUT2D eigenvalue weighted by Crippen LogP contribution is 2.42. The molecule has 122 valence electrons. The van der Waals surface area contributed by atoms with Crippen molar-refractivity contribution in [2.45, 2.75) is 6.18 Å². The van der Waals surface area contributed by atoms with E-state index in [-0.39, 0.29) is 10.4 Å². The van der Waals surface area contributed by atoms with E-state index in [1.165, 1.54) is 18.2 Å². The van der Waals surface area contributed by atoms with Crippen molar-refractivity contribution < 1.29 is 27.5 Å². The van der Waals surface area contributed by atoms with Gasteiger partial charge in [0.2, 0.25) is 0 Å². The number of methoxy groups -OCH3 is 1. The molecule has 0 atom stereocenters. The summed E-state index contributed by atoms with van der Waals surface area (Å²) < 4.78 is 43.9.